The molecule has 2 N–H and O–H groups in total. The molecule has 0 fully saturated rings. The molecule has 1 aliphatic heterocycles. The van der Waals surface area contributed by atoms with E-state index in [0.717, 1.165) is 23.7 Å². The van der Waals surface area contributed by atoms with E-state index in [1.807, 2.05) is 18.7 Å². The third-order valence-electron chi connectivity index (χ3n) is 4.21. The molecule has 0 aliphatic carbocycles. The van der Waals surface area contributed by atoms with Crippen LogP contribution in [0.4, 0.5) is 0 Å². The van der Waals surface area contributed by atoms with E-state index in [9.17, 15) is 4.79 Å². The lowest BCUT2D eigenvalue weighted by atomic mass is 10.1. The van der Waals surface area contributed by atoms with Crippen molar-refractivity contribution in [3.63, 3.8) is 0 Å². The number of aryl methyl sites for hydroxylation is 2. The molecule has 3 heterocycles. The number of nitrogens with zero attached hydrogens (tertiary/aromatic N) is 3. The Morgan fingerprint density at radius 2 is 2.24 bits per heavy atom. The largest absolute Gasteiger partial charge is 0.351 e. The predicted octanol–water partition coefficient (Wildman–Crippen LogP) is 2.07. The van der Waals surface area contributed by atoms with E-state index in [4.69, 9.17) is 0 Å². The van der Waals surface area contributed by atoms with E-state index in [-0.39, 0.29) is 12.5 Å². The summed E-state index contributed by atoms with van der Waals surface area (Å²) < 4.78 is 0. The minimum absolute atomic E-state index is 0.101. The highest BCUT2D eigenvalue weighted by Crippen LogP contribution is 2.23. The molecule has 3 rings (SSSR count). The zero-order valence-electron chi connectivity index (χ0n) is 14.8. The van der Waals surface area contributed by atoms with Gasteiger partial charge in [-0.2, -0.15) is 0 Å². The molecular formula is C17H23N5OS2. The second kappa shape index (κ2) is 7.97. The molecule has 0 unspecified atom stereocenters. The topological polar surface area (TPSA) is 69.6 Å². The number of aromatic nitrogens is 1. The van der Waals surface area contributed by atoms with Crippen LogP contribution in [0.1, 0.15) is 26.0 Å². The summed E-state index contributed by atoms with van der Waals surface area (Å²) in [5.41, 5.74) is 2.32. The van der Waals surface area contributed by atoms with Crippen LogP contribution in [0.25, 0.3) is 0 Å². The van der Waals surface area contributed by atoms with Crippen LogP contribution in [0.2, 0.25) is 0 Å². The van der Waals surface area contributed by atoms with E-state index < -0.39 is 0 Å². The summed E-state index contributed by atoms with van der Waals surface area (Å²) in [5.74, 6) is 0.733. The smallest absolute Gasteiger partial charge is 0.242 e. The van der Waals surface area contributed by atoms with Crippen molar-refractivity contribution in [2.45, 2.75) is 33.4 Å². The molecule has 0 saturated heterocycles. The average molecular weight is 378 g/mol. The molecule has 0 bridgehead atoms. The molecule has 2 aromatic heterocycles. The van der Waals surface area contributed by atoms with E-state index in [0.29, 0.717) is 19.0 Å². The molecule has 134 valence electrons. The van der Waals surface area contributed by atoms with Crippen molar-refractivity contribution >= 4 is 34.5 Å². The van der Waals surface area contributed by atoms with Crippen LogP contribution in [-0.4, -0.2) is 41.9 Å². The maximum absolute atomic E-state index is 12.5. The number of hydrogen-bond donors (Lipinski definition) is 2. The molecule has 1 amide bonds. The molecular weight excluding hydrogens is 354 g/mol. The van der Waals surface area contributed by atoms with E-state index in [2.05, 4.69) is 32.1 Å². The van der Waals surface area contributed by atoms with Crippen LogP contribution in [0.3, 0.4) is 0 Å². The molecule has 0 aromatic carbocycles. The molecule has 25 heavy (non-hydrogen) atoms. The maximum atomic E-state index is 12.5. The molecule has 0 radical (unpaired) electrons. The van der Waals surface area contributed by atoms with Gasteiger partial charge in [-0.05, 0) is 37.3 Å². The van der Waals surface area contributed by atoms with Gasteiger partial charge in [0.2, 0.25) is 5.91 Å². The van der Waals surface area contributed by atoms with Crippen LogP contribution in [0.15, 0.2) is 16.4 Å². The zero-order chi connectivity index (χ0) is 17.8. The second-order valence-corrected chi connectivity index (χ2v) is 8.24. The van der Waals surface area contributed by atoms with Gasteiger partial charge in [-0.25, -0.2) is 4.98 Å². The summed E-state index contributed by atoms with van der Waals surface area (Å²) in [5, 5.41) is 9.53. The third-order valence-corrected chi connectivity index (χ3v) is 6.30. The summed E-state index contributed by atoms with van der Waals surface area (Å²) in [6.07, 6.45) is 0.954. The maximum Gasteiger partial charge on any atom is 0.242 e. The molecule has 0 spiro atoms. The quantitative estimate of drug-likeness (QED) is 0.632. The number of guanidine groups is 1. The fourth-order valence-electron chi connectivity index (χ4n) is 2.85. The van der Waals surface area contributed by atoms with Gasteiger partial charge in [-0.1, -0.05) is 0 Å². The van der Waals surface area contributed by atoms with Gasteiger partial charge in [0.25, 0.3) is 0 Å². The Kier molecular flexibility index (Phi) is 5.70. The van der Waals surface area contributed by atoms with Crippen LogP contribution in [0, 0.1) is 13.8 Å². The van der Waals surface area contributed by atoms with E-state index in [1.165, 1.54) is 15.3 Å². The first-order valence-electron chi connectivity index (χ1n) is 8.27. The minimum atomic E-state index is 0.101. The number of thiazole rings is 1. The monoisotopic (exact) mass is 377 g/mol. The lowest BCUT2D eigenvalue weighted by molar-refractivity contribution is -0.130. The van der Waals surface area contributed by atoms with Crippen molar-refractivity contribution in [1.29, 1.82) is 0 Å². The average Bonchev–Trinajstić information content (AvgIpc) is 3.19. The number of amides is 1. The standard InChI is InChI=1S/C17H23N5OS2/c1-11-15(25-12(2)21-11)8-19-17(18-3)20-9-16(23)22-6-4-14-13(10-22)5-7-24-14/h5,7H,4,6,8-10H2,1-3H3,(H2,18,19,20). The Balaban J connectivity index is 1.48. The lowest BCUT2D eigenvalue weighted by Gasteiger charge is -2.27. The Morgan fingerprint density at radius 1 is 1.40 bits per heavy atom. The molecule has 6 nitrogen and oxygen atoms in total. The number of rotatable bonds is 4. The van der Waals surface area contributed by atoms with Crippen LogP contribution >= 0.6 is 22.7 Å². The Hall–Kier alpha value is -1.93. The Morgan fingerprint density at radius 3 is 2.96 bits per heavy atom. The number of hydrogen-bond acceptors (Lipinski definition) is 5. The first kappa shape index (κ1) is 17.9. The van der Waals surface area contributed by atoms with Crippen molar-refractivity contribution in [1.82, 2.24) is 20.5 Å². The van der Waals surface area contributed by atoms with Gasteiger partial charge in [-0.15, -0.1) is 22.7 Å². The van der Waals surface area contributed by atoms with Crippen LogP contribution in [-0.2, 0) is 24.3 Å². The summed E-state index contributed by atoms with van der Waals surface area (Å²) >= 11 is 3.46. The fraction of sp³-hybridized carbons (Fsp3) is 0.471. The SMILES string of the molecule is CN=C(NCC(=O)N1CCc2sccc2C1)NCc1sc(C)nc1C. The lowest BCUT2D eigenvalue weighted by Crippen LogP contribution is -2.45. The highest BCUT2D eigenvalue weighted by molar-refractivity contribution is 7.11. The van der Waals surface area contributed by atoms with Gasteiger partial charge in [0.05, 0.1) is 23.8 Å². The van der Waals surface area contributed by atoms with E-state index in [1.54, 1.807) is 29.7 Å². The van der Waals surface area contributed by atoms with Gasteiger partial charge in [-0.3, -0.25) is 9.79 Å². The second-order valence-electron chi connectivity index (χ2n) is 5.96. The van der Waals surface area contributed by atoms with Gasteiger partial charge < -0.3 is 15.5 Å². The zero-order valence-corrected chi connectivity index (χ0v) is 16.4. The molecule has 2 aromatic rings. The number of carbonyl (C=O) groups excluding carboxylic acids is 1. The van der Waals surface area contributed by atoms with Crippen molar-refractivity contribution < 1.29 is 4.79 Å². The van der Waals surface area contributed by atoms with Crippen molar-refractivity contribution in [2.24, 2.45) is 4.99 Å². The normalized spacial score (nSPS) is 14.4. The van der Waals surface area contributed by atoms with Crippen molar-refractivity contribution in [2.75, 3.05) is 20.1 Å². The number of carbonyl (C=O) groups is 1. The summed E-state index contributed by atoms with van der Waals surface area (Å²) in [4.78, 5) is 25.6. The predicted molar refractivity (Wildman–Crippen MR) is 103 cm³/mol. The number of fused-ring (bicyclic) bond motifs is 1. The van der Waals surface area contributed by atoms with Crippen LogP contribution < -0.4 is 10.6 Å². The van der Waals surface area contributed by atoms with Gasteiger partial charge in [0.1, 0.15) is 0 Å². The Labute approximate surface area is 156 Å². The Bertz CT molecular complexity index is 780. The number of thiophene rings is 1. The molecule has 0 saturated carbocycles. The summed E-state index contributed by atoms with van der Waals surface area (Å²) in [6.45, 7) is 6.43. The van der Waals surface area contributed by atoms with E-state index >= 15 is 0 Å². The van der Waals surface area contributed by atoms with Gasteiger partial charge in [0.15, 0.2) is 5.96 Å². The minimum Gasteiger partial charge on any atom is -0.351 e. The highest BCUT2D eigenvalue weighted by atomic mass is 32.1. The highest BCUT2D eigenvalue weighted by Gasteiger charge is 2.21. The summed E-state index contributed by atoms with van der Waals surface area (Å²) in [7, 11) is 1.71. The van der Waals surface area contributed by atoms with Crippen molar-refractivity contribution in [3.05, 3.63) is 37.5 Å². The van der Waals surface area contributed by atoms with Gasteiger partial charge in [0, 0.05) is 29.9 Å². The van der Waals surface area contributed by atoms with Crippen molar-refractivity contribution in [3.8, 4) is 0 Å². The fourth-order valence-corrected chi connectivity index (χ4v) is 4.62. The van der Waals surface area contributed by atoms with Gasteiger partial charge >= 0.3 is 0 Å². The third kappa shape index (κ3) is 4.38. The molecule has 1 aliphatic rings. The summed E-state index contributed by atoms with van der Waals surface area (Å²) in [6, 6.07) is 2.12. The first-order chi connectivity index (χ1) is 12.1. The molecule has 0 atom stereocenters. The number of aliphatic imine (C=N–C) groups is 1. The first-order valence-corrected chi connectivity index (χ1v) is 9.97. The van der Waals surface area contributed by atoms with Crippen LogP contribution in [0.5, 0.6) is 0 Å². The number of nitrogens with one attached hydrogen (secondary N) is 2. The molecule has 8 heteroatoms.